The van der Waals surface area contributed by atoms with Crippen LogP contribution in [-0.4, -0.2) is 24.7 Å². The first-order valence-electron chi connectivity index (χ1n) is 5.89. The summed E-state index contributed by atoms with van der Waals surface area (Å²) in [6, 6.07) is 4.13. The van der Waals surface area contributed by atoms with Gasteiger partial charge in [-0.25, -0.2) is 0 Å². The van der Waals surface area contributed by atoms with Gasteiger partial charge in [-0.1, -0.05) is 13.3 Å². The molecule has 0 aliphatic rings. The van der Waals surface area contributed by atoms with Crippen molar-refractivity contribution in [1.29, 1.82) is 0 Å². The van der Waals surface area contributed by atoms with Gasteiger partial charge in [-0.2, -0.15) is 0 Å². The second kappa shape index (κ2) is 7.50. The van der Waals surface area contributed by atoms with Crippen molar-refractivity contribution in [3.63, 3.8) is 0 Å². The van der Waals surface area contributed by atoms with E-state index in [1.165, 1.54) is 18.2 Å². The summed E-state index contributed by atoms with van der Waals surface area (Å²) in [5.41, 5.74) is 6.01. The Hall–Kier alpha value is -1.82. The number of nitrogens with zero attached hydrogens (tertiary/aromatic N) is 1. The minimum absolute atomic E-state index is 0.0360. The number of rotatable bonds is 8. The maximum Gasteiger partial charge on any atom is 0.273 e. The Morgan fingerprint density at radius 3 is 2.78 bits per heavy atom. The molecule has 0 saturated carbocycles. The van der Waals surface area contributed by atoms with Crippen molar-refractivity contribution in [2.75, 3.05) is 25.6 Å². The Labute approximate surface area is 106 Å². The average Bonchev–Trinajstić information content (AvgIpc) is 2.35. The number of nitro benzene ring substituents is 1. The van der Waals surface area contributed by atoms with Gasteiger partial charge in [0.2, 0.25) is 0 Å². The summed E-state index contributed by atoms with van der Waals surface area (Å²) in [4.78, 5) is 10.1. The molecule has 1 aromatic rings. The molecule has 0 aliphatic carbocycles. The standard InChI is InChI=1S/C12H18N2O4/c1-2-3-6-17-7-8-18-12-9-10(14(15)16)4-5-11(12)13/h4-5,9H,2-3,6-8,13H2,1H3. The summed E-state index contributed by atoms with van der Waals surface area (Å²) in [5, 5.41) is 10.6. The lowest BCUT2D eigenvalue weighted by molar-refractivity contribution is -0.384. The van der Waals surface area contributed by atoms with Crippen LogP contribution in [-0.2, 0) is 4.74 Å². The molecule has 1 aromatic carbocycles. The fourth-order valence-electron chi connectivity index (χ4n) is 1.32. The van der Waals surface area contributed by atoms with Gasteiger partial charge in [0.1, 0.15) is 12.4 Å². The normalized spacial score (nSPS) is 10.3. The molecule has 2 N–H and O–H groups in total. The van der Waals surface area contributed by atoms with Crippen molar-refractivity contribution >= 4 is 11.4 Å². The molecule has 0 radical (unpaired) electrons. The molecule has 0 saturated heterocycles. The number of nitrogen functional groups attached to an aromatic ring is 1. The van der Waals surface area contributed by atoms with Crippen LogP contribution in [0.2, 0.25) is 0 Å². The van der Waals surface area contributed by atoms with Gasteiger partial charge in [0.15, 0.2) is 0 Å². The van der Waals surface area contributed by atoms with Gasteiger partial charge in [-0.15, -0.1) is 0 Å². The van der Waals surface area contributed by atoms with Crippen LogP contribution in [0.5, 0.6) is 5.75 Å². The number of hydrogen-bond donors (Lipinski definition) is 1. The van der Waals surface area contributed by atoms with Crippen LogP contribution in [0.3, 0.4) is 0 Å². The van der Waals surface area contributed by atoms with Crippen LogP contribution in [0.25, 0.3) is 0 Å². The molecule has 18 heavy (non-hydrogen) atoms. The van der Waals surface area contributed by atoms with E-state index in [4.69, 9.17) is 15.2 Å². The molecule has 6 heteroatoms. The minimum Gasteiger partial charge on any atom is -0.489 e. The van der Waals surface area contributed by atoms with Crippen LogP contribution in [0, 0.1) is 10.1 Å². The van der Waals surface area contributed by atoms with E-state index in [9.17, 15) is 10.1 Å². The lowest BCUT2D eigenvalue weighted by Gasteiger charge is -2.08. The molecule has 0 fully saturated rings. The fourth-order valence-corrected chi connectivity index (χ4v) is 1.32. The Morgan fingerprint density at radius 1 is 1.33 bits per heavy atom. The van der Waals surface area contributed by atoms with Crippen molar-refractivity contribution in [1.82, 2.24) is 0 Å². The molecule has 6 nitrogen and oxygen atoms in total. The monoisotopic (exact) mass is 254 g/mol. The number of non-ortho nitro benzene ring substituents is 1. The molecule has 0 heterocycles. The third-order valence-electron chi connectivity index (χ3n) is 2.34. The summed E-state index contributed by atoms with van der Waals surface area (Å²) in [7, 11) is 0. The maximum absolute atomic E-state index is 10.6. The van der Waals surface area contributed by atoms with Crippen molar-refractivity contribution < 1.29 is 14.4 Å². The van der Waals surface area contributed by atoms with Crippen LogP contribution in [0.15, 0.2) is 18.2 Å². The topological polar surface area (TPSA) is 87.6 Å². The number of nitro groups is 1. The van der Waals surface area contributed by atoms with Crippen LogP contribution in [0.1, 0.15) is 19.8 Å². The Balaban J connectivity index is 2.41. The number of unbranched alkanes of at least 4 members (excludes halogenated alkanes) is 1. The van der Waals surface area contributed by atoms with Gasteiger partial charge >= 0.3 is 0 Å². The zero-order valence-corrected chi connectivity index (χ0v) is 10.4. The predicted molar refractivity (Wildman–Crippen MR) is 68.7 cm³/mol. The molecular weight excluding hydrogens is 236 g/mol. The van der Waals surface area contributed by atoms with Crippen LogP contribution < -0.4 is 10.5 Å². The van der Waals surface area contributed by atoms with Crippen molar-refractivity contribution in [2.24, 2.45) is 0 Å². The smallest absolute Gasteiger partial charge is 0.273 e. The summed E-state index contributed by atoms with van der Waals surface area (Å²) >= 11 is 0. The average molecular weight is 254 g/mol. The maximum atomic E-state index is 10.6. The highest BCUT2D eigenvalue weighted by Crippen LogP contribution is 2.26. The summed E-state index contributed by atoms with van der Waals surface area (Å²) < 4.78 is 10.7. The molecule has 1 rings (SSSR count). The predicted octanol–water partition coefficient (Wildman–Crippen LogP) is 2.37. The zero-order valence-electron chi connectivity index (χ0n) is 10.4. The summed E-state index contributed by atoms with van der Waals surface area (Å²) in [5.74, 6) is 0.322. The molecule has 0 amide bonds. The van der Waals surface area contributed by atoms with Gasteiger partial charge in [-0.3, -0.25) is 10.1 Å². The highest BCUT2D eigenvalue weighted by molar-refractivity contribution is 5.57. The van der Waals surface area contributed by atoms with Gasteiger partial charge in [-0.05, 0) is 12.5 Å². The van der Waals surface area contributed by atoms with Gasteiger partial charge in [0.05, 0.1) is 23.3 Å². The van der Waals surface area contributed by atoms with E-state index in [-0.39, 0.29) is 5.69 Å². The third kappa shape index (κ3) is 4.58. The first-order chi connectivity index (χ1) is 8.65. The second-order valence-corrected chi connectivity index (χ2v) is 3.79. The molecule has 0 spiro atoms. The lowest BCUT2D eigenvalue weighted by atomic mass is 10.2. The zero-order chi connectivity index (χ0) is 13.4. The van der Waals surface area contributed by atoms with E-state index in [1.807, 2.05) is 0 Å². The number of benzene rings is 1. The van der Waals surface area contributed by atoms with Gasteiger partial charge < -0.3 is 15.2 Å². The second-order valence-electron chi connectivity index (χ2n) is 3.79. The molecule has 0 atom stereocenters. The van der Waals surface area contributed by atoms with Crippen LogP contribution in [0.4, 0.5) is 11.4 Å². The molecule has 0 unspecified atom stereocenters. The molecule has 0 bridgehead atoms. The molecule has 100 valence electrons. The van der Waals surface area contributed by atoms with E-state index in [2.05, 4.69) is 6.92 Å². The molecule has 0 aromatic heterocycles. The highest BCUT2D eigenvalue weighted by atomic mass is 16.6. The number of hydrogen-bond acceptors (Lipinski definition) is 5. The lowest BCUT2D eigenvalue weighted by Crippen LogP contribution is -2.08. The Morgan fingerprint density at radius 2 is 2.11 bits per heavy atom. The summed E-state index contributed by atoms with van der Waals surface area (Å²) in [6.07, 6.45) is 2.09. The number of ether oxygens (including phenoxy) is 2. The number of anilines is 1. The SMILES string of the molecule is CCCCOCCOc1cc([N+](=O)[O-])ccc1N. The number of nitrogens with two attached hydrogens (primary N) is 1. The van der Waals surface area contributed by atoms with E-state index < -0.39 is 4.92 Å². The molecule has 0 aliphatic heterocycles. The molecular formula is C12H18N2O4. The van der Waals surface area contributed by atoms with Crippen molar-refractivity contribution in [3.05, 3.63) is 28.3 Å². The first-order valence-corrected chi connectivity index (χ1v) is 5.89. The fraction of sp³-hybridized carbons (Fsp3) is 0.500. The highest BCUT2D eigenvalue weighted by Gasteiger charge is 2.09. The van der Waals surface area contributed by atoms with E-state index in [0.29, 0.717) is 31.3 Å². The van der Waals surface area contributed by atoms with Crippen LogP contribution >= 0.6 is 0 Å². The van der Waals surface area contributed by atoms with Gasteiger partial charge in [0.25, 0.3) is 5.69 Å². The largest absolute Gasteiger partial charge is 0.489 e. The van der Waals surface area contributed by atoms with Crippen molar-refractivity contribution in [3.8, 4) is 5.75 Å². The first kappa shape index (κ1) is 14.2. The van der Waals surface area contributed by atoms with E-state index >= 15 is 0 Å². The third-order valence-corrected chi connectivity index (χ3v) is 2.34. The van der Waals surface area contributed by atoms with Crippen molar-refractivity contribution in [2.45, 2.75) is 19.8 Å². The quantitative estimate of drug-likeness (QED) is 0.333. The summed E-state index contributed by atoms with van der Waals surface area (Å²) in [6.45, 7) is 3.56. The minimum atomic E-state index is -0.482. The van der Waals surface area contributed by atoms with E-state index in [1.54, 1.807) is 0 Å². The van der Waals surface area contributed by atoms with E-state index in [0.717, 1.165) is 12.8 Å². The Kier molecular flexibility index (Phi) is 5.93. The Bertz CT molecular complexity index is 396. The van der Waals surface area contributed by atoms with Gasteiger partial charge in [0, 0.05) is 12.7 Å².